The Labute approximate surface area is 113 Å². The highest BCUT2D eigenvalue weighted by Crippen LogP contribution is 2.29. The van der Waals surface area contributed by atoms with Gasteiger partial charge in [-0.2, -0.15) is 0 Å². The van der Waals surface area contributed by atoms with Gasteiger partial charge in [0.15, 0.2) is 11.6 Å². The Bertz CT molecular complexity index is 667. The number of carbonyl (C=O) groups excluding carboxylic acids is 1. The molecule has 0 unspecified atom stereocenters. The number of alkyl halides is 1. The molecule has 1 aromatic heterocycles. The van der Waals surface area contributed by atoms with E-state index in [4.69, 9.17) is 17.3 Å². The molecule has 1 amide bonds. The number of hydrogen-bond acceptors (Lipinski definition) is 2. The van der Waals surface area contributed by atoms with Gasteiger partial charge < -0.3 is 10.3 Å². The normalized spacial score (nSPS) is 12.1. The maximum absolute atomic E-state index is 14.0. The summed E-state index contributed by atoms with van der Waals surface area (Å²) in [4.78, 5) is 15.6. The van der Waals surface area contributed by atoms with Crippen molar-refractivity contribution >= 4 is 28.5 Å². The molecule has 4 nitrogen and oxygen atoms in total. The summed E-state index contributed by atoms with van der Waals surface area (Å²) in [5, 5.41) is 0. The van der Waals surface area contributed by atoms with Gasteiger partial charge in [0, 0.05) is 0 Å². The van der Waals surface area contributed by atoms with Crippen molar-refractivity contribution in [1.29, 1.82) is 0 Å². The average Bonchev–Trinajstić information content (AvgIpc) is 2.73. The van der Waals surface area contributed by atoms with Crippen molar-refractivity contribution in [3.05, 3.63) is 29.6 Å². The smallest absolute Gasteiger partial charge is 0.243 e. The van der Waals surface area contributed by atoms with E-state index in [1.807, 2.05) is 0 Å². The van der Waals surface area contributed by atoms with Crippen molar-refractivity contribution < 1.29 is 13.6 Å². The molecule has 19 heavy (non-hydrogen) atoms. The van der Waals surface area contributed by atoms with E-state index >= 15 is 0 Å². The highest BCUT2D eigenvalue weighted by atomic mass is 35.5. The summed E-state index contributed by atoms with van der Waals surface area (Å²) in [6.45, 7) is 2.99. The summed E-state index contributed by atoms with van der Waals surface area (Å²) in [6.07, 6.45) is 0. The molecular weight excluding hydrogens is 276 g/mol. The Morgan fingerprint density at radius 3 is 2.63 bits per heavy atom. The summed E-state index contributed by atoms with van der Waals surface area (Å²) in [5.74, 6) is -2.58. The molecule has 1 aromatic carbocycles. The molecule has 102 valence electrons. The molecule has 2 N–H and O–H groups in total. The number of carbonyl (C=O) groups is 1. The van der Waals surface area contributed by atoms with Crippen molar-refractivity contribution in [2.24, 2.45) is 5.73 Å². The van der Waals surface area contributed by atoms with E-state index in [1.165, 1.54) is 24.5 Å². The van der Waals surface area contributed by atoms with E-state index in [9.17, 15) is 13.6 Å². The van der Waals surface area contributed by atoms with Crippen LogP contribution in [0, 0.1) is 11.6 Å². The number of halogens is 3. The number of primary amides is 1. The molecule has 0 aliphatic rings. The topological polar surface area (TPSA) is 60.9 Å². The quantitative estimate of drug-likeness (QED) is 0.880. The summed E-state index contributed by atoms with van der Waals surface area (Å²) in [5.41, 5.74) is 4.16. The first-order valence-electron chi connectivity index (χ1n) is 5.52. The van der Waals surface area contributed by atoms with Crippen LogP contribution in [0.1, 0.15) is 19.7 Å². The van der Waals surface area contributed by atoms with Crippen LogP contribution >= 0.6 is 11.6 Å². The third-order valence-corrected chi connectivity index (χ3v) is 3.30. The predicted molar refractivity (Wildman–Crippen MR) is 67.7 cm³/mol. The van der Waals surface area contributed by atoms with E-state index < -0.39 is 23.1 Å². The molecule has 0 spiro atoms. The SMILES string of the molecule is CC(C)(C(N)=O)n1c(CCl)nc2ccc(F)c(F)c21. The molecule has 0 atom stereocenters. The van der Waals surface area contributed by atoms with Crippen molar-refractivity contribution in [3.63, 3.8) is 0 Å². The van der Waals surface area contributed by atoms with E-state index in [1.54, 1.807) is 0 Å². The maximum Gasteiger partial charge on any atom is 0.243 e. The summed E-state index contributed by atoms with van der Waals surface area (Å²) in [7, 11) is 0. The van der Waals surface area contributed by atoms with Crippen LogP contribution in [-0.4, -0.2) is 15.5 Å². The van der Waals surface area contributed by atoms with Gasteiger partial charge in [-0.3, -0.25) is 4.79 Å². The lowest BCUT2D eigenvalue weighted by Gasteiger charge is -2.25. The first kappa shape index (κ1) is 13.7. The first-order chi connectivity index (χ1) is 8.80. The van der Waals surface area contributed by atoms with Gasteiger partial charge in [0.1, 0.15) is 16.9 Å². The van der Waals surface area contributed by atoms with Crippen molar-refractivity contribution in [1.82, 2.24) is 9.55 Å². The van der Waals surface area contributed by atoms with Gasteiger partial charge in [0.25, 0.3) is 0 Å². The number of aromatic nitrogens is 2. The van der Waals surface area contributed by atoms with Crippen LogP contribution in [0.15, 0.2) is 12.1 Å². The monoisotopic (exact) mass is 287 g/mol. The Balaban J connectivity index is 2.92. The summed E-state index contributed by atoms with van der Waals surface area (Å²) >= 11 is 5.75. The number of amides is 1. The van der Waals surface area contributed by atoms with E-state index in [0.29, 0.717) is 0 Å². The number of hydrogen-bond donors (Lipinski definition) is 1. The minimum Gasteiger partial charge on any atom is -0.368 e. The molecule has 0 aliphatic carbocycles. The van der Waals surface area contributed by atoms with Gasteiger partial charge in [0.2, 0.25) is 5.91 Å². The molecule has 0 saturated carbocycles. The fraction of sp³-hybridized carbons (Fsp3) is 0.333. The lowest BCUT2D eigenvalue weighted by Crippen LogP contribution is -2.42. The number of nitrogens with two attached hydrogens (primary N) is 1. The minimum atomic E-state index is -1.27. The third kappa shape index (κ3) is 1.96. The fourth-order valence-electron chi connectivity index (χ4n) is 1.95. The van der Waals surface area contributed by atoms with Crippen LogP contribution in [0.3, 0.4) is 0 Å². The Morgan fingerprint density at radius 1 is 1.47 bits per heavy atom. The highest BCUT2D eigenvalue weighted by Gasteiger charge is 2.33. The van der Waals surface area contributed by atoms with Crippen LogP contribution in [-0.2, 0) is 16.2 Å². The molecule has 0 bridgehead atoms. The molecule has 0 saturated heterocycles. The highest BCUT2D eigenvalue weighted by molar-refractivity contribution is 6.17. The summed E-state index contributed by atoms with van der Waals surface area (Å²) < 4.78 is 28.6. The largest absolute Gasteiger partial charge is 0.368 e. The molecule has 1 heterocycles. The van der Waals surface area contributed by atoms with Crippen molar-refractivity contribution in [2.45, 2.75) is 25.3 Å². The van der Waals surface area contributed by atoms with Crippen LogP contribution in [0.25, 0.3) is 11.0 Å². The van der Waals surface area contributed by atoms with Crippen molar-refractivity contribution in [2.75, 3.05) is 0 Å². The number of imidazole rings is 1. The van der Waals surface area contributed by atoms with Crippen LogP contribution < -0.4 is 5.73 Å². The van der Waals surface area contributed by atoms with Crippen LogP contribution in [0.5, 0.6) is 0 Å². The second-order valence-corrected chi connectivity index (χ2v) is 4.92. The Morgan fingerprint density at radius 2 is 2.11 bits per heavy atom. The molecule has 0 fully saturated rings. The number of fused-ring (bicyclic) bond motifs is 1. The van der Waals surface area contributed by atoms with E-state index in [2.05, 4.69) is 4.98 Å². The maximum atomic E-state index is 14.0. The molecule has 2 aromatic rings. The Hall–Kier alpha value is -1.69. The van der Waals surface area contributed by atoms with Gasteiger partial charge >= 0.3 is 0 Å². The number of rotatable bonds is 3. The second kappa shape index (κ2) is 4.45. The number of benzene rings is 1. The van der Waals surface area contributed by atoms with Gasteiger partial charge in [-0.1, -0.05) is 0 Å². The van der Waals surface area contributed by atoms with Crippen molar-refractivity contribution in [3.8, 4) is 0 Å². The predicted octanol–water partition coefficient (Wildman–Crippen LogP) is 2.27. The van der Waals surface area contributed by atoms with Gasteiger partial charge in [-0.25, -0.2) is 13.8 Å². The van der Waals surface area contributed by atoms with E-state index in [-0.39, 0.29) is 22.7 Å². The van der Waals surface area contributed by atoms with Crippen LogP contribution in [0.2, 0.25) is 0 Å². The zero-order chi connectivity index (χ0) is 14.4. The standard InChI is InChI=1S/C12H12ClF2N3O/c1-12(2,11(16)19)18-8(5-13)17-7-4-3-6(14)9(15)10(7)18/h3-4H,5H2,1-2H3,(H2,16,19). The molecular formula is C12H12ClF2N3O. The second-order valence-electron chi connectivity index (χ2n) is 4.65. The van der Waals surface area contributed by atoms with Crippen LogP contribution in [0.4, 0.5) is 8.78 Å². The minimum absolute atomic E-state index is 0.0492. The zero-order valence-electron chi connectivity index (χ0n) is 10.4. The lowest BCUT2D eigenvalue weighted by atomic mass is 10.0. The number of nitrogens with zero attached hydrogens (tertiary/aromatic N) is 2. The van der Waals surface area contributed by atoms with Gasteiger partial charge in [0.05, 0.1) is 11.4 Å². The first-order valence-corrected chi connectivity index (χ1v) is 6.05. The zero-order valence-corrected chi connectivity index (χ0v) is 11.1. The molecule has 0 radical (unpaired) electrons. The summed E-state index contributed by atoms with van der Waals surface area (Å²) in [6, 6.07) is 2.31. The third-order valence-electron chi connectivity index (χ3n) is 3.06. The fourth-order valence-corrected chi connectivity index (χ4v) is 2.13. The Kier molecular flexibility index (Phi) is 3.22. The van der Waals surface area contributed by atoms with E-state index in [0.717, 1.165) is 6.07 Å². The van der Waals surface area contributed by atoms with Gasteiger partial charge in [-0.15, -0.1) is 11.6 Å². The van der Waals surface area contributed by atoms with Gasteiger partial charge in [-0.05, 0) is 26.0 Å². The molecule has 7 heteroatoms. The lowest BCUT2D eigenvalue weighted by molar-refractivity contribution is -0.125. The molecule has 2 rings (SSSR count). The average molecular weight is 288 g/mol. The molecule has 0 aliphatic heterocycles.